The van der Waals surface area contributed by atoms with Crippen LogP contribution >= 0.6 is 0 Å². The largest absolute Gasteiger partial charge is 0.492 e. The van der Waals surface area contributed by atoms with Gasteiger partial charge in [-0.15, -0.1) is 0 Å². The third-order valence-electron chi connectivity index (χ3n) is 2.61. The molecule has 0 radical (unpaired) electrons. The number of amides is 1. The van der Waals surface area contributed by atoms with E-state index < -0.39 is 0 Å². The fourth-order valence-corrected chi connectivity index (χ4v) is 1.66. The molecular weight excluding hydrogens is 256 g/mol. The standard InChI is InChI=1S/C14H16N4O2/c1-2-20-12-6-4-3-5-11(12)17-14(19)10-7-8-13(18-15)16-9-10/h3-9H,2,15H2,1H3,(H,16,18)(H,17,19). The second-order valence-corrected chi connectivity index (χ2v) is 3.96. The van der Waals surface area contributed by atoms with Crippen LogP contribution in [0, 0.1) is 0 Å². The fraction of sp³-hybridized carbons (Fsp3) is 0.143. The number of hydrogen-bond acceptors (Lipinski definition) is 5. The molecule has 0 unspecified atom stereocenters. The van der Waals surface area contributed by atoms with Gasteiger partial charge in [-0.1, -0.05) is 12.1 Å². The van der Waals surface area contributed by atoms with Crippen LogP contribution in [0.1, 0.15) is 17.3 Å². The lowest BCUT2D eigenvalue weighted by Gasteiger charge is -2.11. The van der Waals surface area contributed by atoms with Crippen molar-refractivity contribution in [3.05, 3.63) is 48.2 Å². The van der Waals surface area contributed by atoms with E-state index in [0.717, 1.165) is 0 Å². The van der Waals surface area contributed by atoms with Gasteiger partial charge >= 0.3 is 0 Å². The van der Waals surface area contributed by atoms with Crippen LogP contribution in [0.5, 0.6) is 5.75 Å². The molecule has 0 saturated carbocycles. The van der Waals surface area contributed by atoms with Crippen LogP contribution in [0.15, 0.2) is 42.6 Å². The third-order valence-corrected chi connectivity index (χ3v) is 2.61. The first-order valence-electron chi connectivity index (χ1n) is 6.20. The van der Waals surface area contributed by atoms with Gasteiger partial charge in [-0.3, -0.25) is 4.79 Å². The summed E-state index contributed by atoms with van der Waals surface area (Å²) in [5.41, 5.74) is 3.47. The molecule has 6 nitrogen and oxygen atoms in total. The zero-order valence-corrected chi connectivity index (χ0v) is 11.1. The summed E-state index contributed by atoms with van der Waals surface area (Å²) in [4.78, 5) is 16.1. The number of ether oxygens (including phenoxy) is 1. The van der Waals surface area contributed by atoms with E-state index in [1.807, 2.05) is 19.1 Å². The molecule has 1 heterocycles. The number of para-hydroxylation sites is 2. The lowest BCUT2D eigenvalue weighted by Crippen LogP contribution is -2.14. The molecule has 0 fully saturated rings. The highest BCUT2D eigenvalue weighted by molar-refractivity contribution is 6.04. The van der Waals surface area contributed by atoms with Crippen LogP contribution in [-0.4, -0.2) is 17.5 Å². The summed E-state index contributed by atoms with van der Waals surface area (Å²) in [7, 11) is 0. The van der Waals surface area contributed by atoms with Gasteiger partial charge in [0.1, 0.15) is 11.6 Å². The number of hydrogen-bond donors (Lipinski definition) is 3. The molecule has 104 valence electrons. The molecule has 0 aliphatic heterocycles. The van der Waals surface area contributed by atoms with Crippen LogP contribution < -0.4 is 21.3 Å². The van der Waals surface area contributed by atoms with Crippen molar-refractivity contribution in [2.45, 2.75) is 6.92 Å². The number of nitrogens with zero attached hydrogens (tertiary/aromatic N) is 1. The number of aromatic nitrogens is 1. The van der Waals surface area contributed by atoms with E-state index in [0.29, 0.717) is 29.4 Å². The molecule has 2 aromatic rings. The maximum absolute atomic E-state index is 12.1. The minimum atomic E-state index is -0.256. The first-order valence-corrected chi connectivity index (χ1v) is 6.20. The lowest BCUT2D eigenvalue weighted by molar-refractivity contribution is 0.102. The first kappa shape index (κ1) is 13.8. The summed E-state index contributed by atoms with van der Waals surface area (Å²) < 4.78 is 5.45. The molecule has 0 aliphatic carbocycles. The molecule has 1 amide bonds. The average Bonchev–Trinajstić information content (AvgIpc) is 2.49. The number of carbonyl (C=O) groups is 1. The Bertz CT molecular complexity index is 584. The van der Waals surface area contributed by atoms with E-state index in [-0.39, 0.29) is 5.91 Å². The number of nitrogens with two attached hydrogens (primary N) is 1. The highest BCUT2D eigenvalue weighted by Gasteiger charge is 2.09. The van der Waals surface area contributed by atoms with Gasteiger partial charge < -0.3 is 15.5 Å². The summed E-state index contributed by atoms with van der Waals surface area (Å²) in [5.74, 6) is 6.10. The van der Waals surface area contributed by atoms with Crippen LogP contribution in [0.3, 0.4) is 0 Å². The van der Waals surface area contributed by atoms with E-state index >= 15 is 0 Å². The number of rotatable bonds is 5. The highest BCUT2D eigenvalue weighted by atomic mass is 16.5. The molecule has 0 aliphatic rings. The van der Waals surface area contributed by atoms with Crippen LogP contribution in [0.25, 0.3) is 0 Å². The normalized spacial score (nSPS) is 9.90. The zero-order chi connectivity index (χ0) is 14.4. The Morgan fingerprint density at radius 2 is 2.10 bits per heavy atom. The molecule has 1 aromatic heterocycles. The summed E-state index contributed by atoms with van der Waals surface area (Å²) in [6.07, 6.45) is 1.45. The molecule has 1 aromatic carbocycles. The average molecular weight is 272 g/mol. The number of hydrazine groups is 1. The monoisotopic (exact) mass is 272 g/mol. The number of benzene rings is 1. The molecule has 6 heteroatoms. The minimum absolute atomic E-state index is 0.256. The molecule has 0 spiro atoms. The predicted molar refractivity (Wildman–Crippen MR) is 77.6 cm³/mol. The number of anilines is 2. The fourth-order valence-electron chi connectivity index (χ4n) is 1.66. The Kier molecular flexibility index (Phi) is 4.52. The maximum Gasteiger partial charge on any atom is 0.257 e. The van der Waals surface area contributed by atoms with Crippen molar-refractivity contribution < 1.29 is 9.53 Å². The Morgan fingerprint density at radius 3 is 2.75 bits per heavy atom. The van der Waals surface area contributed by atoms with E-state index in [1.54, 1.807) is 24.3 Å². The molecule has 0 saturated heterocycles. The van der Waals surface area contributed by atoms with Gasteiger partial charge in [0.2, 0.25) is 0 Å². The van der Waals surface area contributed by atoms with Gasteiger partial charge in [-0.05, 0) is 31.2 Å². The Labute approximate surface area is 116 Å². The highest BCUT2D eigenvalue weighted by Crippen LogP contribution is 2.24. The van der Waals surface area contributed by atoms with Crippen molar-refractivity contribution in [1.29, 1.82) is 0 Å². The number of pyridine rings is 1. The Hall–Kier alpha value is -2.60. The maximum atomic E-state index is 12.1. The number of carbonyl (C=O) groups excluding carboxylic acids is 1. The topological polar surface area (TPSA) is 89.3 Å². The molecule has 20 heavy (non-hydrogen) atoms. The summed E-state index contributed by atoms with van der Waals surface area (Å²) in [6, 6.07) is 10.5. The quantitative estimate of drug-likeness (QED) is 0.572. The number of nitrogen functional groups attached to an aromatic ring is 1. The van der Waals surface area contributed by atoms with Gasteiger partial charge in [0.25, 0.3) is 5.91 Å². The van der Waals surface area contributed by atoms with Crippen molar-refractivity contribution in [2.75, 3.05) is 17.3 Å². The second kappa shape index (κ2) is 6.53. The van der Waals surface area contributed by atoms with E-state index in [4.69, 9.17) is 10.6 Å². The van der Waals surface area contributed by atoms with Gasteiger partial charge in [0.15, 0.2) is 0 Å². The van der Waals surface area contributed by atoms with Gasteiger partial charge in [-0.25, -0.2) is 10.8 Å². The zero-order valence-electron chi connectivity index (χ0n) is 11.1. The van der Waals surface area contributed by atoms with Crippen molar-refractivity contribution in [2.24, 2.45) is 5.84 Å². The molecular formula is C14H16N4O2. The van der Waals surface area contributed by atoms with Crippen molar-refractivity contribution in [3.63, 3.8) is 0 Å². The molecule has 4 N–H and O–H groups in total. The van der Waals surface area contributed by atoms with Crippen LogP contribution in [-0.2, 0) is 0 Å². The smallest absolute Gasteiger partial charge is 0.257 e. The lowest BCUT2D eigenvalue weighted by atomic mass is 10.2. The van der Waals surface area contributed by atoms with Gasteiger partial charge in [-0.2, -0.15) is 0 Å². The van der Waals surface area contributed by atoms with Crippen LogP contribution in [0.4, 0.5) is 11.5 Å². The van der Waals surface area contributed by atoms with Gasteiger partial charge in [0.05, 0.1) is 17.9 Å². The van der Waals surface area contributed by atoms with Crippen LogP contribution in [0.2, 0.25) is 0 Å². The van der Waals surface area contributed by atoms with Crippen molar-refractivity contribution >= 4 is 17.4 Å². The molecule has 0 atom stereocenters. The Morgan fingerprint density at radius 1 is 1.30 bits per heavy atom. The number of nitrogens with one attached hydrogen (secondary N) is 2. The van der Waals surface area contributed by atoms with Gasteiger partial charge in [0, 0.05) is 6.20 Å². The summed E-state index contributed by atoms with van der Waals surface area (Å²) in [6.45, 7) is 2.42. The van der Waals surface area contributed by atoms with Crippen molar-refractivity contribution in [3.8, 4) is 5.75 Å². The predicted octanol–water partition coefficient (Wildman–Crippen LogP) is 2.02. The van der Waals surface area contributed by atoms with E-state index in [1.165, 1.54) is 6.20 Å². The summed E-state index contributed by atoms with van der Waals surface area (Å²) in [5, 5.41) is 2.79. The van der Waals surface area contributed by atoms with E-state index in [2.05, 4.69) is 15.7 Å². The SMILES string of the molecule is CCOc1ccccc1NC(=O)c1ccc(NN)nc1. The third kappa shape index (κ3) is 3.24. The van der Waals surface area contributed by atoms with E-state index in [9.17, 15) is 4.79 Å². The first-order chi connectivity index (χ1) is 9.74. The molecule has 2 rings (SSSR count). The second-order valence-electron chi connectivity index (χ2n) is 3.96. The molecule has 0 bridgehead atoms. The summed E-state index contributed by atoms with van der Waals surface area (Å²) >= 11 is 0. The minimum Gasteiger partial charge on any atom is -0.492 e. The Balaban J connectivity index is 2.14. The van der Waals surface area contributed by atoms with Crippen molar-refractivity contribution in [1.82, 2.24) is 4.98 Å².